The molecule has 4 heteroatoms. The lowest BCUT2D eigenvalue weighted by Crippen LogP contribution is -1.97. The Morgan fingerprint density at radius 2 is 1.86 bits per heavy atom. The molecule has 0 spiro atoms. The molecule has 104 valence electrons. The van der Waals surface area contributed by atoms with Gasteiger partial charge in [-0.3, -0.25) is 0 Å². The lowest BCUT2D eigenvalue weighted by molar-refractivity contribution is 0.415. The SMILES string of the molecule is COc1ccc(C=Nc2cc3ccccc3oc2=O)cc1. The maximum Gasteiger partial charge on any atom is 0.362 e. The molecule has 0 saturated heterocycles. The van der Waals surface area contributed by atoms with Crippen molar-refractivity contribution in [1.29, 1.82) is 0 Å². The van der Waals surface area contributed by atoms with E-state index in [2.05, 4.69) is 4.99 Å². The summed E-state index contributed by atoms with van der Waals surface area (Å²) in [4.78, 5) is 16.1. The van der Waals surface area contributed by atoms with Crippen molar-refractivity contribution >= 4 is 22.9 Å². The lowest BCUT2D eigenvalue weighted by Gasteiger charge is -1.99. The smallest absolute Gasteiger partial charge is 0.362 e. The highest BCUT2D eigenvalue weighted by Crippen LogP contribution is 2.17. The number of aliphatic imine (C=N–C) groups is 1. The molecule has 3 aromatic rings. The van der Waals surface area contributed by atoms with Crippen molar-refractivity contribution in [3.05, 3.63) is 70.6 Å². The normalized spacial score (nSPS) is 11.1. The van der Waals surface area contributed by atoms with Gasteiger partial charge in [-0.25, -0.2) is 9.79 Å². The van der Waals surface area contributed by atoms with Gasteiger partial charge >= 0.3 is 5.63 Å². The molecule has 1 aromatic heterocycles. The molecule has 4 nitrogen and oxygen atoms in total. The number of hydrogen-bond donors (Lipinski definition) is 0. The molecule has 0 bridgehead atoms. The standard InChI is InChI=1S/C17H13NO3/c1-20-14-8-6-12(7-9-14)11-18-15-10-13-4-2-3-5-16(13)21-17(15)19/h2-11H,1H3. The fourth-order valence-electron chi connectivity index (χ4n) is 1.98. The molecule has 0 aliphatic carbocycles. The van der Waals surface area contributed by atoms with Crippen molar-refractivity contribution in [3.8, 4) is 5.75 Å². The number of nitrogens with zero attached hydrogens (tertiary/aromatic N) is 1. The average molecular weight is 279 g/mol. The van der Waals surface area contributed by atoms with Gasteiger partial charge in [-0.15, -0.1) is 0 Å². The number of hydrogen-bond acceptors (Lipinski definition) is 4. The average Bonchev–Trinajstić information content (AvgIpc) is 2.53. The van der Waals surface area contributed by atoms with Crippen molar-refractivity contribution in [2.45, 2.75) is 0 Å². The maximum absolute atomic E-state index is 11.9. The molecule has 0 amide bonds. The van der Waals surface area contributed by atoms with Gasteiger partial charge < -0.3 is 9.15 Å². The van der Waals surface area contributed by atoms with Gasteiger partial charge in [-0.05, 0) is 42.0 Å². The first-order chi connectivity index (χ1) is 10.3. The quantitative estimate of drug-likeness (QED) is 0.544. The Morgan fingerprint density at radius 3 is 2.62 bits per heavy atom. The lowest BCUT2D eigenvalue weighted by atomic mass is 10.2. The molecule has 0 aliphatic heterocycles. The first-order valence-corrected chi connectivity index (χ1v) is 6.47. The molecule has 0 N–H and O–H groups in total. The second-order valence-electron chi connectivity index (χ2n) is 4.49. The highest BCUT2D eigenvalue weighted by molar-refractivity contribution is 5.84. The van der Waals surface area contributed by atoms with E-state index in [1.165, 1.54) is 0 Å². The van der Waals surface area contributed by atoms with Crippen LogP contribution in [0.15, 0.2) is 68.8 Å². The molecule has 0 aliphatic rings. The number of ether oxygens (including phenoxy) is 1. The van der Waals surface area contributed by atoms with E-state index in [4.69, 9.17) is 9.15 Å². The Balaban J connectivity index is 1.94. The van der Waals surface area contributed by atoms with Crippen LogP contribution < -0.4 is 10.4 Å². The van der Waals surface area contributed by atoms with Crippen LogP contribution in [0.4, 0.5) is 5.69 Å². The van der Waals surface area contributed by atoms with E-state index in [-0.39, 0.29) is 5.69 Å². The predicted octanol–water partition coefficient (Wildman–Crippen LogP) is 3.55. The molecule has 3 rings (SSSR count). The Kier molecular flexibility index (Phi) is 3.51. The number of methoxy groups -OCH3 is 1. The Labute approximate surface area is 121 Å². The van der Waals surface area contributed by atoms with E-state index < -0.39 is 5.63 Å². The van der Waals surface area contributed by atoms with Crippen LogP contribution in [0.25, 0.3) is 11.0 Å². The molecule has 1 heterocycles. The van der Waals surface area contributed by atoms with Crippen molar-refractivity contribution in [1.82, 2.24) is 0 Å². The third-order valence-corrected chi connectivity index (χ3v) is 3.09. The molecule has 0 atom stereocenters. The Morgan fingerprint density at radius 1 is 1.10 bits per heavy atom. The van der Waals surface area contributed by atoms with E-state index in [0.29, 0.717) is 5.58 Å². The van der Waals surface area contributed by atoms with Crippen LogP contribution in [0, 0.1) is 0 Å². The van der Waals surface area contributed by atoms with Crippen molar-refractivity contribution in [2.75, 3.05) is 7.11 Å². The minimum atomic E-state index is -0.446. The third-order valence-electron chi connectivity index (χ3n) is 3.09. The Hall–Kier alpha value is -2.88. The van der Waals surface area contributed by atoms with Gasteiger partial charge in [-0.1, -0.05) is 18.2 Å². The van der Waals surface area contributed by atoms with E-state index in [9.17, 15) is 4.79 Å². The zero-order valence-electron chi connectivity index (χ0n) is 11.4. The molecule has 0 unspecified atom stereocenters. The first kappa shape index (κ1) is 13.1. The third kappa shape index (κ3) is 2.84. The van der Waals surface area contributed by atoms with Gasteiger partial charge in [0.05, 0.1) is 7.11 Å². The summed E-state index contributed by atoms with van der Waals surface area (Å²) in [6.45, 7) is 0. The second-order valence-corrected chi connectivity index (χ2v) is 4.49. The van der Waals surface area contributed by atoms with Gasteiger partial charge in [0.2, 0.25) is 0 Å². The number of rotatable bonds is 3. The first-order valence-electron chi connectivity index (χ1n) is 6.47. The Bertz CT molecular complexity index is 848. The summed E-state index contributed by atoms with van der Waals surface area (Å²) in [5, 5.41) is 0.846. The van der Waals surface area contributed by atoms with Crippen LogP contribution in [0.3, 0.4) is 0 Å². The van der Waals surface area contributed by atoms with Gasteiger partial charge in [0.1, 0.15) is 17.0 Å². The number of fused-ring (bicyclic) bond motifs is 1. The predicted molar refractivity (Wildman–Crippen MR) is 82.7 cm³/mol. The molecule has 0 saturated carbocycles. The van der Waals surface area contributed by atoms with Crippen LogP contribution >= 0.6 is 0 Å². The second kappa shape index (κ2) is 5.63. The molecule has 21 heavy (non-hydrogen) atoms. The van der Waals surface area contributed by atoms with Crippen LogP contribution in [-0.4, -0.2) is 13.3 Å². The van der Waals surface area contributed by atoms with Gasteiger partial charge in [-0.2, -0.15) is 0 Å². The fraction of sp³-hybridized carbons (Fsp3) is 0.0588. The zero-order chi connectivity index (χ0) is 14.7. The van der Waals surface area contributed by atoms with Crippen molar-refractivity contribution in [3.63, 3.8) is 0 Å². The monoisotopic (exact) mass is 279 g/mol. The van der Waals surface area contributed by atoms with Crippen molar-refractivity contribution in [2.24, 2.45) is 4.99 Å². The summed E-state index contributed by atoms with van der Waals surface area (Å²) < 4.78 is 10.3. The molecular weight excluding hydrogens is 266 g/mol. The van der Waals surface area contributed by atoms with E-state index in [0.717, 1.165) is 16.7 Å². The summed E-state index contributed by atoms with van der Waals surface area (Å²) >= 11 is 0. The summed E-state index contributed by atoms with van der Waals surface area (Å²) in [6.07, 6.45) is 1.63. The highest BCUT2D eigenvalue weighted by atomic mass is 16.5. The molecular formula is C17H13NO3. The molecule has 2 aromatic carbocycles. The van der Waals surface area contributed by atoms with Crippen LogP contribution in [0.2, 0.25) is 0 Å². The van der Waals surface area contributed by atoms with Crippen LogP contribution in [-0.2, 0) is 0 Å². The van der Waals surface area contributed by atoms with Gasteiger partial charge in [0.25, 0.3) is 0 Å². The molecule has 0 radical (unpaired) electrons. The summed E-state index contributed by atoms with van der Waals surface area (Å²) in [7, 11) is 1.61. The van der Waals surface area contributed by atoms with E-state index in [1.54, 1.807) is 25.5 Å². The van der Waals surface area contributed by atoms with Gasteiger partial charge in [0, 0.05) is 11.6 Å². The van der Waals surface area contributed by atoms with Crippen LogP contribution in [0.5, 0.6) is 5.75 Å². The number of benzene rings is 2. The van der Waals surface area contributed by atoms with E-state index in [1.807, 2.05) is 42.5 Å². The van der Waals surface area contributed by atoms with Gasteiger partial charge in [0.15, 0.2) is 0 Å². The number of para-hydroxylation sites is 1. The topological polar surface area (TPSA) is 51.8 Å². The van der Waals surface area contributed by atoms with E-state index >= 15 is 0 Å². The summed E-state index contributed by atoms with van der Waals surface area (Å²) in [6, 6.07) is 16.5. The van der Waals surface area contributed by atoms with Crippen LogP contribution in [0.1, 0.15) is 5.56 Å². The highest BCUT2D eigenvalue weighted by Gasteiger charge is 2.02. The fourth-order valence-corrected chi connectivity index (χ4v) is 1.98. The molecule has 0 fully saturated rings. The largest absolute Gasteiger partial charge is 0.497 e. The minimum Gasteiger partial charge on any atom is -0.497 e. The zero-order valence-corrected chi connectivity index (χ0v) is 11.4. The minimum absolute atomic E-state index is 0.282. The maximum atomic E-state index is 11.9. The summed E-state index contributed by atoms with van der Waals surface area (Å²) in [5.74, 6) is 0.775. The summed E-state index contributed by atoms with van der Waals surface area (Å²) in [5.41, 5.74) is 1.28. The van der Waals surface area contributed by atoms with Crippen molar-refractivity contribution < 1.29 is 9.15 Å².